The predicted molar refractivity (Wildman–Crippen MR) is 141 cm³/mol. The second kappa shape index (κ2) is 12.5. The lowest BCUT2D eigenvalue weighted by atomic mass is 10.0. The molecule has 35 heavy (non-hydrogen) atoms. The zero-order valence-corrected chi connectivity index (χ0v) is 21.4. The number of benzene rings is 3. The van der Waals surface area contributed by atoms with Gasteiger partial charge in [-0.05, 0) is 56.2 Å². The molecule has 0 saturated carbocycles. The van der Waals surface area contributed by atoms with Gasteiger partial charge in [-0.15, -0.1) is 11.8 Å². The van der Waals surface area contributed by atoms with Crippen LogP contribution in [-0.4, -0.2) is 34.0 Å². The number of nitrogens with zero attached hydrogens (tertiary/aromatic N) is 1. The van der Waals surface area contributed by atoms with Crippen LogP contribution < -0.4 is 5.32 Å². The molecule has 0 bridgehead atoms. The molecular formula is C29H33FN2O2S. The third-order valence-electron chi connectivity index (χ3n) is 5.36. The van der Waals surface area contributed by atoms with Crippen LogP contribution in [0, 0.1) is 5.82 Å². The van der Waals surface area contributed by atoms with E-state index in [0.29, 0.717) is 12.2 Å². The Morgan fingerprint density at radius 3 is 2.09 bits per heavy atom. The van der Waals surface area contributed by atoms with Gasteiger partial charge in [0.2, 0.25) is 11.8 Å². The average molecular weight is 493 g/mol. The van der Waals surface area contributed by atoms with Gasteiger partial charge in [-0.2, -0.15) is 0 Å². The standard InChI is InChI=1S/C29H33FN2O2S/c1-29(2,3)31-28(34)26(20-22-10-6-4-7-11-22)32(21-23-14-16-24(30)17-15-23)27(33)18-19-35-25-12-8-5-9-13-25/h4-17,26H,18-21H2,1-3H3,(H,31,34). The number of carbonyl (C=O) groups excluding carboxylic acids is 2. The topological polar surface area (TPSA) is 49.4 Å². The highest BCUT2D eigenvalue weighted by Gasteiger charge is 2.32. The monoisotopic (exact) mass is 492 g/mol. The second-order valence-corrected chi connectivity index (χ2v) is 10.7. The molecule has 1 atom stereocenters. The average Bonchev–Trinajstić information content (AvgIpc) is 2.82. The maximum atomic E-state index is 13.6. The van der Waals surface area contributed by atoms with Crippen molar-refractivity contribution in [2.24, 2.45) is 0 Å². The van der Waals surface area contributed by atoms with Gasteiger partial charge in [0.25, 0.3) is 0 Å². The molecule has 1 N–H and O–H groups in total. The van der Waals surface area contributed by atoms with Crippen molar-refractivity contribution in [3.05, 3.63) is 102 Å². The first-order valence-corrected chi connectivity index (χ1v) is 12.8. The molecule has 0 heterocycles. The van der Waals surface area contributed by atoms with E-state index in [1.54, 1.807) is 28.8 Å². The lowest BCUT2D eigenvalue weighted by Gasteiger charge is -2.34. The van der Waals surface area contributed by atoms with Gasteiger partial charge in [-0.25, -0.2) is 4.39 Å². The number of thioether (sulfide) groups is 1. The summed E-state index contributed by atoms with van der Waals surface area (Å²) in [6.07, 6.45) is 0.677. The molecule has 0 radical (unpaired) electrons. The maximum Gasteiger partial charge on any atom is 0.243 e. The molecule has 4 nitrogen and oxygen atoms in total. The first-order chi connectivity index (χ1) is 16.7. The molecule has 6 heteroatoms. The van der Waals surface area contributed by atoms with Crippen molar-refractivity contribution >= 4 is 23.6 Å². The first kappa shape index (κ1) is 26.5. The SMILES string of the molecule is CC(C)(C)NC(=O)C(Cc1ccccc1)N(Cc1ccc(F)cc1)C(=O)CCSc1ccccc1. The summed E-state index contributed by atoms with van der Waals surface area (Å²) in [6.45, 7) is 6.00. The molecule has 0 fully saturated rings. The summed E-state index contributed by atoms with van der Waals surface area (Å²) in [4.78, 5) is 29.8. The highest BCUT2D eigenvalue weighted by molar-refractivity contribution is 7.99. The van der Waals surface area contributed by atoms with Gasteiger partial charge in [-0.1, -0.05) is 60.7 Å². The predicted octanol–water partition coefficient (Wildman–Crippen LogP) is 5.86. The van der Waals surface area contributed by atoms with E-state index in [2.05, 4.69) is 5.32 Å². The smallest absolute Gasteiger partial charge is 0.243 e. The summed E-state index contributed by atoms with van der Waals surface area (Å²) in [6, 6.07) is 25.0. The highest BCUT2D eigenvalue weighted by Crippen LogP contribution is 2.21. The molecular weight excluding hydrogens is 459 g/mol. The van der Waals surface area contributed by atoms with E-state index in [0.717, 1.165) is 16.0 Å². The van der Waals surface area contributed by atoms with Crippen molar-refractivity contribution in [1.82, 2.24) is 10.2 Å². The largest absolute Gasteiger partial charge is 0.350 e. The van der Waals surface area contributed by atoms with Crippen molar-refractivity contribution in [2.75, 3.05) is 5.75 Å². The van der Waals surface area contributed by atoms with Crippen LogP contribution >= 0.6 is 11.8 Å². The first-order valence-electron chi connectivity index (χ1n) is 11.8. The summed E-state index contributed by atoms with van der Waals surface area (Å²) in [5, 5.41) is 3.05. The number of nitrogens with one attached hydrogen (secondary N) is 1. The van der Waals surface area contributed by atoms with Crippen LogP contribution in [0.2, 0.25) is 0 Å². The van der Waals surface area contributed by atoms with E-state index in [4.69, 9.17) is 0 Å². The Kier molecular flexibility index (Phi) is 9.49. The molecule has 3 aromatic rings. The Morgan fingerprint density at radius 1 is 0.886 bits per heavy atom. The summed E-state index contributed by atoms with van der Waals surface area (Å²) < 4.78 is 13.5. The van der Waals surface area contributed by atoms with Gasteiger partial charge >= 0.3 is 0 Å². The van der Waals surface area contributed by atoms with Crippen LogP contribution in [0.5, 0.6) is 0 Å². The van der Waals surface area contributed by atoms with E-state index in [-0.39, 0.29) is 30.6 Å². The molecule has 0 aliphatic heterocycles. The molecule has 0 spiro atoms. The Labute approximate surface area is 211 Å². The maximum absolute atomic E-state index is 13.6. The lowest BCUT2D eigenvalue weighted by molar-refractivity contribution is -0.141. The Balaban J connectivity index is 1.86. The lowest BCUT2D eigenvalue weighted by Crippen LogP contribution is -2.54. The molecule has 3 aromatic carbocycles. The van der Waals surface area contributed by atoms with Crippen molar-refractivity contribution in [1.29, 1.82) is 0 Å². The molecule has 0 aromatic heterocycles. The van der Waals surface area contributed by atoms with Gasteiger partial charge in [-0.3, -0.25) is 9.59 Å². The van der Waals surface area contributed by atoms with Gasteiger partial charge in [0.1, 0.15) is 11.9 Å². The molecule has 0 aliphatic rings. The number of carbonyl (C=O) groups is 2. The number of hydrogen-bond donors (Lipinski definition) is 1. The van der Waals surface area contributed by atoms with E-state index < -0.39 is 11.6 Å². The Hall–Kier alpha value is -3.12. The molecule has 0 saturated heterocycles. The van der Waals surface area contributed by atoms with E-state index in [1.165, 1.54) is 12.1 Å². The minimum atomic E-state index is -0.698. The third kappa shape index (κ3) is 8.87. The summed E-state index contributed by atoms with van der Waals surface area (Å²) >= 11 is 1.61. The van der Waals surface area contributed by atoms with Crippen molar-refractivity contribution in [3.8, 4) is 0 Å². The van der Waals surface area contributed by atoms with Crippen LogP contribution in [0.4, 0.5) is 4.39 Å². The molecule has 1 unspecified atom stereocenters. The zero-order valence-electron chi connectivity index (χ0n) is 20.5. The molecule has 184 valence electrons. The van der Waals surface area contributed by atoms with Crippen LogP contribution in [-0.2, 0) is 22.6 Å². The van der Waals surface area contributed by atoms with E-state index in [9.17, 15) is 14.0 Å². The molecule has 0 aliphatic carbocycles. The van der Waals surface area contributed by atoms with Gasteiger partial charge < -0.3 is 10.2 Å². The number of amides is 2. The fourth-order valence-corrected chi connectivity index (χ4v) is 4.57. The number of rotatable bonds is 10. The molecule has 2 amide bonds. The van der Waals surface area contributed by atoms with Crippen LogP contribution in [0.1, 0.15) is 38.3 Å². The molecule has 3 rings (SSSR count). The van der Waals surface area contributed by atoms with E-state index in [1.807, 2.05) is 81.4 Å². The Morgan fingerprint density at radius 2 is 1.49 bits per heavy atom. The van der Waals surface area contributed by atoms with Crippen molar-refractivity contribution in [2.45, 2.75) is 56.6 Å². The van der Waals surface area contributed by atoms with Crippen molar-refractivity contribution < 1.29 is 14.0 Å². The minimum Gasteiger partial charge on any atom is -0.350 e. The quantitative estimate of drug-likeness (QED) is 0.361. The van der Waals surface area contributed by atoms with Gasteiger partial charge in [0, 0.05) is 35.6 Å². The summed E-state index contributed by atoms with van der Waals surface area (Å²) in [7, 11) is 0. The van der Waals surface area contributed by atoms with Gasteiger partial charge in [0.15, 0.2) is 0 Å². The summed E-state index contributed by atoms with van der Waals surface area (Å²) in [5.74, 6) is -0.0469. The number of hydrogen-bond acceptors (Lipinski definition) is 3. The fraction of sp³-hybridized carbons (Fsp3) is 0.310. The van der Waals surface area contributed by atoms with Crippen LogP contribution in [0.3, 0.4) is 0 Å². The fourth-order valence-electron chi connectivity index (χ4n) is 3.71. The zero-order chi connectivity index (χ0) is 25.3. The Bertz CT molecular complexity index is 1080. The normalized spacial score (nSPS) is 12.1. The second-order valence-electron chi connectivity index (χ2n) is 9.50. The summed E-state index contributed by atoms with van der Waals surface area (Å²) in [5.41, 5.74) is 1.30. The van der Waals surface area contributed by atoms with Gasteiger partial charge in [0.05, 0.1) is 0 Å². The minimum absolute atomic E-state index is 0.109. The highest BCUT2D eigenvalue weighted by atomic mass is 32.2. The number of halogens is 1. The van der Waals surface area contributed by atoms with E-state index >= 15 is 0 Å². The van der Waals surface area contributed by atoms with Crippen LogP contribution in [0.25, 0.3) is 0 Å². The third-order valence-corrected chi connectivity index (χ3v) is 6.38. The van der Waals surface area contributed by atoms with Crippen LogP contribution in [0.15, 0.2) is 89.8 Å². The van der Waals surface area contributed by atoms with Crippen molar-refractivity contribution in [3.63, 3.8) is 0 Å².